The lowest BCUT2D eigenvalue weighted by atomic mass is 10.2. The standard InChI is InChI=1S/C11H13FO3/c12-8-1-3-9(4-2-8)14-7-10-5-6-11(13)15-10/h1-4,10-11,13H,5-7H2/t10-,11+/m0/s1. The molecule has 15 heavy (non-hydrogen) atoms. The molecular weight excluding hydrogens is 199 g/mol. The van der Waals surface area contributed by atoms with Crippen molar-refractivity contribution in [1.82, 2.24) is 0 Å². The van der Waals surface area contributed by atoms with Gasteiger partial charge in [0, 0.05) is 6.42 Å². The van der Waals surface area contributed by atoms with E-state index in [1.807, 2.05) is 0 Å². The first-order chi connectivity index (χ1) is 7.24. The van der Waals surface area contributed by atoms with Gasteiger partial charge in [-0.15, -0.1) is 0 Å². The normalized spacial score (nSPS) is 25.5. The van der Waals surface area contributed by atoms with Gasteiger partial charge in [0.2, 0.25) is 0 Å². The lowest BCUT2D eigenvalue weighted by Crippen LogP contribution is -2.18. The van der Waals surface area contributed by atoms with E-state index in [2.05, 4.69) is 0 Å². The molecule has 2 rings (SSSR count). The summed E-state index contributed by atoms with van der Waals surface area (Å²) in [6, 6.07) is 5.83. The van der Waals surface area contributed by atoms with Crippen molar-refractivity contribution in [2.45, 2.75) is 25.2 Å². The highest BCUT2D eigenvalue weighted by atomic mass is 19.1. The predicted octanol–water partition coefficient (Wildman–Crippen LogP) is 1.70. The molecule has 0 bridgehead atoms. The maximum Gasteiger partial charge on any atom is 0.155 e. The second kappa shape index (κ2) is 4.59. The van der Waals surface area contributed by atoms with E-state index in [0.717, 1.165) is 6.42 Å². The van der Waals surface area contributed by atoms with E-state index in [4.69, 9.17) is 14.6 Å². The van der Waals surface area contributed by atoms with Crippen molar-refractivity contribution < 1.29 is 19.0 Å². The van der Waals surface area contributed by atoms with Crippen molar-refractivity contribution >= 4 is 0 Å². The molecule has 0 aliphatic carbocycles. The second-order valence-electron chi connectivity index (χ2n) is 3.56. The second-order valence-corrected chi connectivity index (χ2v) is 3.56. The van der Waals surface area contributed by atoms with Gasteiger partial charge in [0.15, 0.2) is 6.29 Å². The highest BCUT2D eigenvalue weighted by molar-refractivity contribution is 5.22. The summed E-state index contributed by atoms with van der Waals surface area (Å²) >= 11 is 0. The Kier molecular flexibility index (Phi) is 3.18. The number of halogens is 1. The Labute approximate surface area is 87.4 Å². The van der Waals surface area contributed by atoms with E-state index >= 15 is 0 Å². The molecule has 1 N–H and O–H groups in total. The molecule has 3 nitrogen and oxygen atoms in total. The van der Waals surface area contributed by atoms with Crippen LogP contribution in [0.3, 0.4) is 0 Å². The minimum atomic E-state index is -0.660. The summed E-state index contributed by atoms with van der Waals surface area (Å²) in [6.45, 7) is 0.392. The van der Waals surface area contributed by atoms with Gasteiger partial charge in [-0.2, -0.15) is 0 Å². The fraction of sp³-hybridized carbons (Fsp3) is 0.455. The summed E-state index contributed by atoms with van der Waals surface area (Å²) in [7, 11) is 0. The molecule has 1 saturated heterocycles. The molecule has 2 atom stereocenters. The molecule has 0 unspecified atom stereocenters. The Morgan fingerprint density at radius 2 is 2.07 bits per heavy atom. The SMILES string of the molecule is O[C@H]1CC[C@@H](COc2ccc(F)cc2)O1. The molecule has 1 fully saturated rings. The third-order valence-electron chi connectivity index (χ3n) is 2.33. The van der Waals surface area contributed by atoms with E-state index in [1.165, 1.54) is 12.1 Å². The lowest BCUT2D eigenvalue weighted by Gasteiger charge is -2.11. The number of ether oxygens (including phenoxy) is 2. The van der Waals surface area contributed by atoms with Gasteiger partial charge in [-0.3, -0.25) is 0 Å². The molecule has 0 aromatic heterocycles. The molecule has 1 aliphatic rings. The summed E-state index contributed by atoms with van der Waals surface area (Å²) in [5.41, 5.74) is 0. The first kappa shape index (κ1) is 10.4. The zero-order chi connectivity index (χ0) is 10.7. The summed E-state index contributed by atoms with van der Waals surface area (Å²) in [6.07, 6.45) is 0.719. The van der Waals surface area contributed by atoms with E-state index in [0.29, 0.717) is 18.8 Å². The fourth-order valence-electron chi connectivity index (χ4n) is 1.53. The van der Waals surface area contributed by atoms with Crippen LogP contribution in [0.1, 0.15) is 12.8 Å². The molecule has 82 valence electrons. The van der Waals surface area contributed by atoms with Crippen LogP contribution in [-0.4, -0.2) is 24.1 Å². The van der Waals surface area contributed by atoms with Crippen LogP contribution in [0, 0.1) is 5.82 Å². The first-order valence-electron chi connectivity index (χ1n) is 4.96. The van der Waals surface area contributed by atoms with Crippen molar-refractivity contribution in [1.29, 1.82) is 0 Å². The van der Waals surface area contributed by atoms with Gasteiger partial charge >= 0.3 is 0 Å². The molecular formula is C11H13FO3. The number of hydrogen-bond acceptors (Lipinski definition) is 3. The van der Waals surface area contributed by atoms with Gasteiger partial charge in [-0.05, 0) is 30.7 Å². The molecule has 0 saturated carbocycles. The number of hydrogen-bond donors (Lipinski definition) is 1. The minimum Gasteiger partial charge on any atom is -0.491 e. The highest BCUT2D eigenvalue weighted by Gasteiger charge is 2.23. The van der Waals surface area contributed by atoms with Crippen molar-refractivity contribution in [3.05, 3.63) is 30.1 Å². The number of aliphatic hydroxyl groups is 1. The zero-order valence-electron chi connectivity index (χ0n) is 8.23. The lowest BCUT2D eigenvalue weighted by molar-refractivity contribution is -0.0984. The summed E-state index contributed by atoms with van der Waals surface area (Å²) in [5, 5.41) is 9.11. The van der Waals surface area contributed by atoms with Gasteiger partial charge in [0.25, 0.3) is 0 Å². The van der Waals surface area contributed by atoms with Crippen LogP contribution < -0.4 is 4.74 Å². The quantitative estimate of drug-likeness (QED) is 0.828. The Hall–Kier alpha value is -1.13. The van der Waals surface area contributed by atoms with Gasteiger partial charge in [-0.1, -0.05) is 0 Å². The molecule has 1 aromatic carbocycles. The minimum absolute atomic E-state index is 0.0648. The summed E-state index contributed by atoms with van der Waals surface area (Å²) in [4.78, 5) is 0. The van der Waals surface area contributed by atoms with Gasteiger partial charge in [0.05, 0.1) is 6.10 Å². The molecule has 0 radical (unpaired) electrons. The number of benzene rings is 1. The smallest absolute Gasteiger partial charge is 0.155 e. The molecule has 1 heterocycles. The number of aliphatic hydroxyl groups excluding tert-OH is 1. The van der Waals surface area contributed by atoms with Crippen LogP contribution in [0.15, 0.2) is 24.3 Å². The molecule has 1 aromatic rings. The molecule has 0 amide bonds. The predicted molar refractivity (Wildman–Crippen MR) is 52.0 cm³/mol. The largest absolute Gasteiger partial charge is 0.491 e. The van der Waals surface area contributed by atoms with Gasteiger partial charge in [-0.25, -0.2) is 4.39 Å². The van der Waals surface area contributed by atoms with Crippen LogP contribution in [0.4, 0.5) is 4.39 Å². The van der Waals surface area contributed by atoms with Crippen LogP contribution in [0.5, 0.6) is 5.75 Å². The van der Waals surface area contributed by atoms with E-state index in [-0.39, 0.29) is 11.9 Å². The maximum absolute atomic E-state index is 12.6. The topological polar surface area (TPSA) is 38.7 Å². The Morgan fingerprint density at radius 3 is 2.67 bits per heavy atom. The average molecular weight is 212 g/mol. The monoisotopic (exact) mass is 212 g/mol. The van der Waals surface area contributed by atoms with Gasteiger partial charge in [0.1, 0.15) is 18.2 Å². The van der Waals surface area contributed by atoms with Crippen LogP contribution in [0.25, 0.3) is 0 Å². The highest BCUT2D eigenvalue weighted by Crippen LogP contribution is 2.19. The van der Waals surface area contributed by atoms with E-state index < -0.39 is 6.29 Å². The van der Waals surface area contributed by atoms with E-state index in [1.54, 1.807) is 12.1 Å². The van der Waals surface area contributed by atoms with Crippen molar-refractivity contribution in [2.24, 2.45) is 0 Å². The zero-order valence-corrected chi connectivity index (χ0v) is 8.23. The Morgan fingerprint density at radius 1 is 1.33 bits per heavy atom. The van der Waals surface area contributed by atoms with Crippen molar-refractivity contribution in [2.75, 3.05) is 6.61 Å². The van der Waals surface area contributed by atoms with Crippen LogP contribution in [-0.2, 0) is 4.74 Å². The van der Waals surface area contributed by atoms with Crippen LogP contribution in [0.2, 0.25) is 0 Å². The molecule has 4 heteroatoms. The number of rotatable bonds is 3. The first-order valence-corrected chi connectivity index (χ1v) is 4.96. The van der Waals surface area contributed by atoms with E-state index in [9.17, 15) is 4.39 Å². The van der Waals surface area contributed by atoms with Crippen LogP contribution >= 0.6 is 0 Å². The van der Waals surface area contributed by atoms with Gasteiger partial charge < -0.3 is 14.6 Å². The Balaban J connectivity index is 1.80. The average Bonchev–Trinajstić information content (AvgIpc) is 2.64. The summed E-state index contributed by atoms with van der Waals surface area (Å²) < 4.78 is 23.1. The fourth-order valence-corrected chi connectivity index (χ4v) is 1.53. The molecule has 1 aliphatic heterocycles. The maximum atomic E-state index is 12.6. The third kappa shape index (κ3) is 2.91. The molecule has 0 spiro atoms. The summed E-state index contributed by atoms with van der Waals surface area (Å²) in [5.74, 6) is 0.330. The Bertz CT molecular complexity index is 312. The van der Waals surface area contributed by atoms with Crippen molar-refractivity contribution in [3.8, 4) is 5.75 Å². The third-order valence-corrected chi connectivity index (χ3v) is 2.33. The van der Waals surface area contributed by atoms with Crippen molar-refractivity contribution in [3.63, 3.8) is 0 Å².